The number of halogens is 1. The molecule has 4 atom stereocenters. The zero-order valence-corrected chi connectivity index (χ0v) is 14.5. The van der Waals surface area contributed by atoms with Crippen molar-refractivity contribution in [3.8, 4) is 0 Å². The van der Waals surface area contributed by atoms with Gasteiger partial charge in [0.05, 0.1) is 11.8 Å². The van der Waals surface area contributed by atoms with Crippen molar-refractivity contribution in [1.82, 2.24) is 15.8 Å². The van der Waals surface area contributed by atoms with Crippen LogP contribution >= 0.6 is 0 Å². The van der Waals surface area contributed by atoms with Gasteiger partial charge in [0, 0.05) is 37.0 Å². The van der Waals surface area contributed by atoms with E-state index in [-0.39, 0.29) is 29.7 Å². The summed E-state index contributed by atoms with van der Waals surface area (Å²) in [7, 11) is 0. The molecule has 3 aliphatic heterocycles. The number of benzene rings is 1. The van der Waals surface area contributed by atoms with Crippen molar-refractivity contribution < 1.29 is 14.0 Å². The highest BCUT2D eigenvalue weighted by atomic mass is 19.1. The normalized spacial score (nSPS) is 34.4. The molecule has 2 N–H and O–H groups in total. The van der Waals surface area contributed by atoms with Crippen LogP contribution in [0.15, 0.2) is 29.4 Å². The quantitative estimate of drug-likeness (QED) is 0.856. The van der Waals surface area contributed by atoms with Gasteiger partial charge >= 0.3 is 0 Å². The van der Waals surface area contributed by atoms with Crippen molar-refractivity contribution in [1.29, 1.82) is 0 Å². The maximum atomic E-state index is 14.2. The summed E-state index contributed by atoms with van der Waals surface area (Å²) in [5.41, 5.74) is 7.05. The minimum Gasteiger partial charge on any atom is -0.379 e. The number of hydrogen-bond acceptors (Lipinski definition) is 5. The summed E-state index contributed by atoms with van der Waals surface area (Å²) < 4.78 is 14.2. The fraction of sp³-hybridized carbons (Fsp3) is 0.556. The standard InChI is InChI=1S/C18H23FN4O2/c1-11-9-18(2,25-22-11)17(24)23-8-7-15-13(10-23)16(21-20-15)12-5-3-4-6-14(12)19/h3-6,13,15-16,20-21H,7-10H2,1-2H3. The van der Waals surface area contributed by atoms with E-state index in [1.165, 1.54) is 6.07 Å². The first kappa shape index (κ1) is 16.5. The molecule has 4 rings (SSSR count). The molecule has 6 nitrogen and oxygen atoms in total. The van der Waals surface area contributed by atoms with Crippen LogP contribution < -0.4 is 10.9 Å². The van der Waals surface area contributed by atoms with Crippen molar-refractivity contribution in [2.45, 2.75) is 44.4 Å². The molecule has 0 saturated carbocycles. The lowest BCUT2D eigenvalue weighted by molar-refractivity contribution is -0.155. The average molecular weight is 346 g/mol. The molecule has 4 unspecified atom stereocenters. The number of amides is 1. The predicted molar refractivity (Wildman–Crippen MR) is 91.1 cm³/mol. The summed E-state index contributed by atoms with van der Waals surface area (Å²) in [6.07, 6.45) is 1.34. The Bertz CT molecular complexity index is 725. The van der Waals surface area contributed by atoms with E-state index in [0.717, 1.165) is 12.1 Å². The van der Waals surface area contributed by atoms with Crippen LogP contribution in [-0.4, -0.2) is 41.3 Å². The molecule has 0 radical (unpaired) electrons. The summed E-state index contributed by atoms with van der Waals surface area (Å²) in [6, 6.07) is 6.88. The number of oxime groups is 1. The van der Waals surface area contributed by atoms with Crippen LogP contribution in [0.3, 0.4) is 0 Å². The van der Waals surface area contributed by atoms with Crippen LogP contribution in [0.25, 0.3) is 0 Å². The number of fused-ring (bicyclic) bond motifs is 1. The smallest absolute Gasteiger partial charge is 0.269 e. The van der Waals surface area contributed by atoms with Crippen molar-refractivity contribution in [2.75, 3.05) is 13.1 Å². The third-order valence-corrected chi connectivity index (χ3v) is 5.49. The fourth-order valence-electron chi connectivity index (χ4n) is 4.20. The van der Waals surface area contributed by atoms with Gasteiger partial charge in [0.25, 0.3) is 5.91 Å². The number of nitrogens with zero attached hydrogens (tertiary/aromatic N) is 2. The van der Waals surface area contributed by atoms with Gasteiger partial charge in [0.2, 0.25) is 5.60 Å². The summed E-state index contributed by atoms with van der Waals surface area (Å²) in [5, 5.41) is 3.94. The van der Waals surface area contributed by atoms with Gasteiger partial charge in [-0.2, -0.15) is 0 Å². The Morgan fingerprint density at radius 2 is 2.20 bits per heavy atom. The Balaban J connectivity index is 1.52. The van der Waals surface area contributed by atoms with E-state index in [1.54, 1.807) is 19.1 Å². The van der Waals surface area contributed by atoms with E-state index in [1.807, 2.05) is 17.9 Å². The van der Waals surface area contributed by atoms with Crippen molar-refractivity contribution in [3.63, 3.8) is 0 Å². The number of hydrazine groups is 1. The first-order chi connectivity index (χ1) is 12.0. The molecule has 0 bridgehead atoms. The molecule has 1 aromatic carbocycles. The van der Waals surface area contributed by atoms with Gasteiger partial charge in [-0.05, 0) is 26.3 Å². The lowest BCUT2D eigenvalue weighted by Crippen LogP contribution is -2.54. The van der Waals surface area contributed by atoms with Gasteiger partial charge in [-0.1, -0.05) is 23.4 Å². The Hall–Kier alpha value is -1.99. The number of likely N-dealkylation sites (tertiary alicyclic amines) is 1. The van der Waals surface area contributed by atoms with Crippen LogP contribution in [0.4, 0.5) is 4.39 Å². The third kappa shape index (κ3) is 2.81. The molecular weight excluding hydrogens is 323 g/mol. The lowest BCUT2D eigenvalue weighted by Gasteiger charge is -2.38. The van der Waals surface area contributed by atoms with Gasteiger partial charge in [-0.3, -0.25) is 10.2 Å². The van der Waals surface area contributed by atoms with E-state index >= 15 is 0 Å². The topological polar surface area (TPSA) is 66.0 Å². The van der Waals surface area contributed by atoms with Crippen LogP contribution in [-0.2, 0) is 9.63 Å². The van der Waals surface area contributed by atoms with E-state index in [9.17, 15) is 9.18 Å². The molecule has 2 fully saturated rings. The van der Waals surface area contributed by atoms with Gasteiger partial charge in [-0.25, -0.2) is 9.82 Å². The first-order valence-corrected chi connectivity index (χ1v) is 8.74. The van der Waals surface area contributed by atoms with E-state index < -0.39 is 5.60 Å². The van der Waals surface area contributed by atoms with Crippen molar-refractivity contribution in [2.24, 2.45) is 11.1 Å². The highest BCUT2D eigenvalue weighted by Gasteiger charge is 2.48. The number of carbonyl (C=O) groups excluding carboxylic acids is 1. The Kier molecular flexibility index (Phi) is 4.00. The SMILES string of the molecule is CC1=NOC(C)(C(=O)N2CCC3NNC(c4ccccc4F)C3C2)C1. The van der Waals surface area contributed by atoms with Crippen LogP contribution in [0.5, 0.6) is 0 Å². The van der Waals surface area contributed by atoms with Gasteiger partial charge in [-0.15, -0.1) is 0 Å². The molecule has 0 aliphatic carbocycles. The van der Waals surface area contributed by atoms with Gasteiger partial charge < -0.3 is 9.74 Å². The Labute approximate surface area is 146 Å². The highest BCUT2D eigenvalue weighted by Crippen LogP contribution is 2.36. The van der Waals surface area contributed by atoms with Crippen LogP contribution in [0.1, 0.15) is 38.3 Å². The predicted octanol–water partition coefficient (Wildman–Crippen LogP) is 1.75. The second kappa shape index (κ2) is 6.07. The monoisotopic (exact) mass is 346 g/mol. The largest absolute Gasteiger partial charge is 0.379 e. The second-order valence-electron chi connectivity index (χ2n) is 7.42. The molecule has 0 spiro atoms. The maximum absolute atomic E-state index is 14.2. The van der Waals surface area contributed by atoms with Gasteiger partial charge in [0.15, 0.2) is 0 Å². The summed E-state index contributed by atoms with van der Waals surface area (Å²) in [5.74, 6) is -0.145. The second-order valence-corrected chi connectivity index (χ2v) is 7.42. The molecule has 1 amide bonds. The zero-order chi connectivity index (χ0) is 17.6. The average Bonchev–Trinajstić information content (AvgIpc) is 3.18. The fourth-order valence-corrected chi connectivity index (χ4v) is 4.20. The Morgan fingerprint density at radius 1 is 1.40 bits per heavy atom. The summed E-state index contributed by atoms with van der Waals surface area (Å²) >= 11 is 0. The zero-order valence-electron chi connectivity index (χ0n) is 14.5. The Morgan fingerprint density at radius 3 is 2.92 bits per heavy atom. The van der Waals surface area contributed by atoms with E-state index in [0.29, 0.717) is 25.1 Å². The summed E-state index contributed by atoms with van der Waals surface area (Å²) in [4.78, 5) is 20.2. The van der Waals surface area contributed by atoms with E-state index in [2.05, 4.69) is 16.0 Å². The molecule has 3 aliphatic rings. The molecule has 0 aromatic heterocycles. The highest BCUT2D eigenvalue weighted by molar-refractivity contribution is 5.94. The molecule has 25 heavy (non-hydrogen) atoms. The number of carbonyl (C=O) groups is 1. The van der Waals surface area contributed by atoms with Crippen molar-refractivity contribution >= 4 is 11.6 Å². The molecular formula is C18H23FN4O2. The molecule has 134 valence electrons. The molecule has 2 saturated heterocycles. The van der Waals surface area contributed by atoms with Crippen molar-refractivity contribution in [3.05, 3.63) is 35.6 Å². The minimum absolute atomic E-state index is 0.0364. The molecule has 3 heterocycles. The first-order valence-electron chi connectivity index (χ1n) is 8.74. The number of piperidine rings is 1. The number of nitrogens with one attached hydrogen (secondary N) is 2. The third-order valence-electron chi connectivity index (χ3n) is 5.49. The van der Waals surface area contributed by atoms with Gasteiger partial charge in [0.1, 0.15) is 5.82 Å². The molecule has 1 aromatic rings. The number of rotatable bonds is 2. The molecule has 7 heteroatoms. The van der Waals surface area contributed by atoms with Crippen LogP contribution in [0.2, 0.25) is 0 Å². The minimum atomic E-state index is -0.913. The van der Waals surface area contributed by atoms with Crippen LogP contribution in [0, 0.1) is 11.7 Å². The van der Waals surface area contributed by atoms with E-state index in [4.69, 9.17) is 4.84 Å². The number of hydrogen-bond donors (Lipinski definition) is 2. The lowest BCUT2D eigenvalue weighted by atomic mass is 9.84. The maximum Gasteiger partial charge on any atom is 0.269 e. The summed E-state index contributed by atoms with van der Waals surface area (Å²) in [6.45, 7) is 4.89.